The SMILES string of the molecule is C1CCN(CCOC2CCC2)CC1. The molecule has 0 aromatic rings. The van der Waals surface area contributed by atoms with E-state index in [0.29, 0.717) is 6.10 Å². The molecule has 0 bridgehead atoms. The Labute approximate surface area is 81.3 Å². The first-order valence-electron chi connectivity index (χ1n) is 5.79. The van der Waals surface area contributed by atoms with Crippen LogP contribution in [0.4, 0.5) is 0 Å². The highest BCUT2D eigenvalue weighted by Gasteiger charge is 2.18. The quantitative estimate of drug-likeness (QED) is 0.661. The third-order valence-electron chi connectivity index (χ3n) is 3.26. The minimum absolute atomic E-state index is 0.616. The molecular formula is C11H21NO. The molecule has 0 aromatic heterocycles. The molecule has 1 saturated carbocycles. The average Bonchev–Trinajstić information content (AvgIpc) is 2.11. The van der Waals surface area contributed by atoms with Crippen LogP contribution in [0.5, 0.6) is 0 Å². The van der Waals surface area contributed by atoms with Gasteiger partial charge in [0.2, 0.25) is 0 Å². The molecule has 2 heteroatoms. The fourth-order valence-corrected chi connectivity index (χ4v) is 2.07. The molecule has 2 aliphatic rings. The Morgan fingerprint density at radius 3 is 2.38 bits per heavy atom. The summed E-state index contributed by atoms with van der Waals surface area (Å²) in [6, 6.07) is 0. The molecule has 0 unspecified atom stereocenters. The van der Waals surface area contributed by atoms with E-state index in [9.17, 15) is 0 Å². The van der Waals surface area contributed by atoms with Gasteiger partial charge in [-0.2, -0.15) is 0 Å². The lowest BCUT2D eigenvalue weighted by atomic mass is 9.96. The molecule has 2 fully saturated rings. The van der Waals surface area contributed by atoms with Crippen molar-refractivity contribution in [3.05, 3.63) is 0 Å². The summed E-state index contributed by atoms with van der Waals surface area (Å²) >= 11 is 0. The highest BCUT2D eigenvalue weighted by Crippen LogP contribution is 2.21. The topological polar surface area (TPSA) is 12.5 Å². The summed E-state index contributed by atoms with van der Waals surface area (Å²) in [6.07, 6.45) is 8.83. The third-order valence-corrected chi connectivity index (χ3v) is 3.26. The van der Waals surface area contributed by atoms with Crippen LogP contribution in [0.2, 0.25) is 0 Å². The first kappa shape index (κ1) is 9.47. The van der Waals surface area contributed by atoms with Gasteiger partial charge in [-0.3, -0.25) is 0 Å². The van der Waals surface area contributed by atoms with Crippen LogP contribution in [0, 0.1) is 0 Å². The second-order valence-corrected chi connectivity index (χ2v) is 4.33. The molecule has 0 radical (unpaired) electrons. The van der Waals surface area contributed by atoms with E-state index in [0.717, 1.165) is 13.2 Å². The van der Waals surface area contributed by atoms with Crippen molar-refractivity contribution < 1.29 is 4.74 Å². The van der Waals surface area contributed by atoms with E-state index < -0.39 is 0 Å². The van der Waals surface area contributed by atoms with Crippen molar-refractivity contribution in [2.45, 2.75) is 44.6 Å². The van der Waals surface area contributed by atoms with Crippen molar-refractivity contribution in [1.82, 2.24) is 4.90 Å². The van der Waals surface area contributed by atoms with Crippen molar-refractivity contribution >= 4 is 0 Å². The average molecular weight is 183 g/mol. The van der Waals surface area contributed by atoms with Gasteiger partial charge in [-0.25, -0.2) is 0 Å². The minimum atomic E-state index is 0.616. The predicted octanol–water partition coefficient (Wildman–Crippen LogP) is 2.04. The Hall–Kier alpha value is -0.0800. The Kier molecular flexibility index (Phi) is 3.62. The first-order valence-corrected chi connectivity index (χ1v) is 5.79. The lowest BCUT2D eigenvalue weighted by Gasteiger charge is -2.29. The van der Waals surface area contributed by atoms with Gasteiger partial charge in [0.15, 0.2) is 0 Å². The number of rotatable bonds is 4. The zero-order valence-electron chi connectivity index (χ0n) is 8.50. The van der Waals surface area contributed by atoms with Crippen LogP contribution < -0.4 is 0 Å². The van der Waals surface area contributed by atoms with Gasteiger partial charge in [-0.15, -0.1) is 0 Å². The van der Waals surface area contributed by atoms with Crippen LogP contribution in [0.1, 0.15) is 38.5 Å². The molecule has 0 aromatic carbocycles. The molecule has 0 spiro atoms. The van der Waals surface area contributed by atoms with E-state index in [4.69, 9.17) is 4.74 Å². The van der Waals surface area contributed by atoms with Crippen LogP contribution >= 0.6 is 0 Å². The molecule has 1 aliphatic carbocycles. The van der Waals surface area contributed by atoms with Crippen LogP contribution in [0.3, 0.4) is 0 Å². The van der Waals surface area contributed by atoms with Crippen LogP contribution in [-0.2, 0) is 4.74 Å². The number of nitrogens with zero attached hydrogens (tertiary/aromatic N) is 1. The summed E-state index contributed by atoms with van der Waals surface area (Å²) in [5.74, 6) is 0. The lowest BCUT2D eigenvalue weighted by Crippen LogP contribution is -2.34. The Bertz CT molecular complexity index is 139. The largest absolute Gasteiger partial charge is 0.377 e. The maximum atomic E-state index is 5.74. The summed E-state index contributed by atoms with van der Waals surface area (Å²) in [6.45, 7) is 4.73. The number of likely N-dealkylation sites (tertiary alicyclic amines) is 1. The minimum Gasteiger partial charge on any atom is -0.377 e. The normalized spacial score (nSPS) is 25.8. The number of hydrogen-bond donors (Lipinski definition) is 0. The summed E-state index contributed by atoms with van der Waals surface area (Å²) in [4.78, 5) is 2.54. The molecule has 0 atom stereocenters. The van der Waals surface area contributed by atoms with E-state index in [1.807, 2.05) is 0 Å². The third kappa shape index (κ3) is 2.96. The van der Waals surface area contributed by atoms with E-state index in [2.05, 4.69) is 4.90 Å². The van der Waals surface area contributed by atoms with Gasteiger partial charge in [0.25, 0.3) is 0 Å². The fourth-order valence-electron chi connectivity index (χ4n) is 2.07. The van der Waals surface area contributed by atoms with Crippen molar-refractivity contribution in [3.8, 4) is 0 Å². The standard InChI is InChI=1S/C11H21NO/c1-2-7-12(8-3-1)9-10-13-11-5-4-6-11/h11H,1-10H2. The van der Waals surface area contributed by atoms with E-state index >= 15 is 0 Å². The highest BCUT2D eigenvalue weighted by atomic mass is 16.5. The van der Waals surface area contributed by atoms with Gasteiger partial charge in [-0.05, 0) is 45.2 Å². The maximum absolute atomic E-state index is 5.74. The molecule has 2 nitrogen and oxygen atoms in total. The summed E-state index contributed by atoms with van der Waals surface area (Å²) in [7, 11) is 0. The second kappa shape index (κ2) is 4.97. The molecule has 1 saturated heterocycles. The van der Waals surface area contributed by atoms with Crippen LogP contribution in [-0.4, -0.2) is 37.2 Å². The molecular weight excluding hydrogens is 162 g/mol. The fraction of sp³-hybridized carbons (Fsp3) is 1.00. The van der Waals surface area contributed by atoms with E-state index in [1.165, 1.54) is 51.6 Å². The highest BCUT2D eigenvalue weighted by molar-refractivity contribution is 4.70. The van der Waals surface area contributed by atoms with E-state index in [-0.39, 0.29) is 0 Å². The van der Waals surface area contributed by atoms with Gasteiger partial charge in [0.05, 0.1) is 12.7 Å². The molecule has 0 amide bonds. The van der Waals surface area contributed by atoms with Crippen molar-refractivity contribution in [3.63, 3.8) is 0 Å². The van der Waals surface area contributed by atoms with Gasteiger partial charge in [-0.1, -0.05) is 6.42 Å². The van der Waals surface area contributed by atoms with Gasteiger partial charge >= 0.3 is 0 Å². The van der Waals surface area contributed by atoms with Gasteiger partial charge in [0.1, 0.15) is 0 Å². The summed E-state index contributed by atoms with van der Waals surface area (Å²) in [5.41, 5.74) is 0. The van der Waals surface area contributed by atoms with Crippen LogP contribution in [0.15, 0.2) is 0 Å². The smallest absolute Gasteiger partial charge is 0.0597 e. The Balaban J connectivity index is 1.50. The monoisotopic (exact) mass is 183 g/mol. The molecule has 0 N–H and O–H groups in total. The summed E-state index contributed by atoms with van der Waals surface area (Å²) in [5, 5.41) is 0. The van der Waals surface area contributed by atoms with Gasteiger partial charge in [0, 0.05) is 6.54 Å². The van der Waals surface area contributed by atoms with Gasteiger partial charge < -0.3 is 9.64 Å². The number of hydrogen-bond acceptors (Lipinski definition) is 2. The molecule has 2 rings (SSSR count). The van der Waals surface area contributed by atoms with Crippen molar-refractivity contribution in [1.29, 1.82) is 0 Å². The zero-order chi connectivity index (χ0) is 8.93. The first-order chi connectivity index (χ1) is 6.45. The number of ether oxygens (including phenoxy) is 1. The predicted molar refractivity (Wildman–Crippen MR) is 53.9 cm³/mol. The van der Waals surface area contributed by atoms with Crippen LogP contribution in [0.25, 0.3) is 0 Å². The second-order valence-electron chi connectivity index (χ2n) is 4.33. The summed E-state index contributed by atoms with van der Waals surface area (Å²) < 4.78 is 5.74. The molecule has 1 heterocycles. The zero-order valence-corrected chi connectivity index (χ0v) is 8.50. The van der Waals surface area contributed by atoms with Crippen molar-refractivity contribution in [2.75, 3.05) is 26.2 Å². The number of piperidine rings is 1. The Morgan fingerprint density at radius 2 is 1.77 bits per heavy atom. The van der Waals surface area contributed by atoms with E-state index in [1.54, 1.807) is 0 Å². The molecule has 76 valence electrons. The van der Waals surface area contributed by atoms with Crippen molar-refractivity contribution in [2.24, 2.45) is 0 Å². The molecule has 13 heavy (non-hydrogen) atoms. The lowest BCUT2D eigenvalue weighted by molar-refractivity contribution is -0.00896. The maximum Gasteiger partial charge on any atom is 0.0597 e. The Morgan fingerprint density at radius 1 is 1.00 bits per heavy atom. The molecule has 1 aliphatic heterocycles.